The van der Waals surface area contributed by atoms with Crippen molar-refractivity contribution >= 4 is 70.0 Å². The summed E-state index contributed by atoms with van der Waals surface area (Å²) in [4.78, 5) is 23.8. The van der Waals surface area contributed by atoms with E-state index < -0.39 is 13.2 Å². The Bertz CT molecular complexity index is 387. The van der Waals surface area contributed by atoms with Gasteiger partial charge in [-0.25, -0.2) is 0 Å². The second kappa shape index (κ2) is 5.21. The number of carbonyl (C=O) groups excluding carboxylic acids is 2. The molecule has 2 rings (SSSR count). The van der Waals surface area contributed by atoms with E-state index in [0.29, 0.717) is 12.8 Å². The van der Waals surface area contributed by atoms with E-state index in [9.17, 15) is 9.59 Å². The van der Waals surface area contributed by atoms with Gasteiger partial charge in [-0.05, 0) is 12.8 Å². The summed E-state index contributed by atoms with van der Waals surface area (Å²) in [5, 5.41) is 2.37. The van der Waals surface area contributed by atoms with Crippen molar-refractivity contribution in [2.45, 2.75) is 38.9 Å². The van der Waals surface area contributed by atoms with Crippen molar-refractivity contribution in [1.29, 1.82) is 0 Å². The highest BCUT2D eigenvalue weighted by atomic mass is 35.6. The predicted molar refractivity (Wildman–Crippen MR) is 75.4 cm³/mol. The number of imide groups is 1. The quantitative estimate of drug-likeness (QED) is 0.614. The van der Waals surface area contributed by atoms with Crippen LogP contribution in [-0.4, -0.2) is 25.1 Å². The standard InChI is InChI=1S/C10H11Cl4NO2S/c11-7(10(12,13)14)18-9-4-2-1-3-5(9)6(16)15-8(9)17/h5,7H,1-4H2,(H,15,16,17). The predicted octanol–water partition coefficient (Wildman–Crippen LogP) is 3.24. The van der Waals surface area contributed by atoms with Crippen LogP contribution in [-0.2, 0) is 9.59 Å². The first-order valence-corrected chi connectivity index (χ1v) is 7.96. The highest BCUT2D eigenvalue weighted by molar-refractivity contribution is 8.03. The molecule has 0 spiro atoms. The molecule has 3 unspecified atom stereocenters. The molecular weight excluding hydrogens is 340 g/mol. The van der Waals surface area contributed by atoms with Gasteiger partial charge in [0.05, 0.1) is 5.92 Å². The van der Waals surface area contributed by atoms with Crippen LogP contribution in [0.1, 0.15) is 25.7 Å². The molecule has 1 saturated heterocycles. The van der Waals surface area contributed by atoms with Gasteiger partial charge < -0.3 is 0 Å². The number of amides is 2. The van der Waals surface area contributed by atoms with Gasteiger partial charge in [-0.3, -0.25) is 14.9 Å². The van der Waals surface area contributed by atoms with Gasteiger partial charge in [0.25, 0.3) is 0 Å². The zero-order valence-electron chi connectivity index (χ0n) is 9.22. The molecule has 0 bridgehead atoms. The van der Waals surface area contributed by atoms with E-state index in [1.54, 1.807) is 0 Å². The molecule has 1 aliphatic heterocycles. The smallest absolute Gasteiger partial charge is 0.243 e. The maximum absolute atomic E-state index is 12.1. The third kappa shape index (κ3) is 2.59. The molecule has 0 aromatic carbocycles. The molecule has 1 N–H and O–H groups in total. The molecular formula is C10H11Cl4NO2S. The number of rotatable bonds is 2. The number of carbonyl (C=O) groups is 2. The molecule has 2 fully saturated rings. The van der Waals surface area contributed by atoms with Crippen LogP contribution in [0.5, 0.6) is 0 Å². The van der Waals surface area contributed by atoms with E-state index >= 15 is 0 Å². The third-order valence-electron chi connectivity index (χ3n) is 3.36. The van der Waals surface area contributed by atoms with Crippen molar-refractivity contribution in [2.24, 2.45) is 5.92 Å². The Morgan fingerprint density at radius 2 is 2.00 bits per heavy atom. The fourth-order valence-corrected chi connectivity index (χ4v) is 4.70. The largest absolute Gasteiger partial charge is 0.295 e. The number of hydrogen-bond donors (Lipinski definition) is 1. The van der Waals surface area contributed by atoms with Crippen LogP contribution >= 0.6 is 58.2 Å². The molecule has 1 heterocycles. The van der Waals surface area contributed by atoms with Crippen molar-refractivity contribution in [2.75, 3.05) is 0 Å². The molecule has 102 valence electrons. The minimum atomic E-state index is -1.67. The van der Waals surface area contributed by atoms with Crippen molar-refractivity contribution in [1.82, 2.24) is 5.32 Å². The minimum Gasteiger partial charge on any atom is -0.295 e. The Morgan fingerprint density at radius 3 is 2.61 bits per heavy atom. The summed E-state index contributed by atoms with van der Waals surface area (Å²) < 4.78 is -3.42. The highest BCUT2D eigenvalue weighted by Crippen LogP contribution is 2.53. The number of nitrogens with one attached hydrogen (secondary N) is 1. The summed E-state index contributed by atoms with van der Waals surface area (Å²) in [7, 11) is 0. The number of thioether (sulfide) groups is 1. The molecule has 0 aromatic rings. The first kappa shape index (κ1) is 15.0. The summed E-state index contributed by atoms with van der Waals surface area (Å²) in [6, 6.07) is 0. The summed E-state index contributed by atoms with van der Waals surface area (Å²) in [6.07, 6.45) is 3.06. The van der Waals surface area contributed by atoms with Crippen LogP contribution in [0.2, 0.25) is 0 Å². The summed E-state index contributed by atoms with van der Waals surface area (Å²) in [5.41, 5.74) is 0. The number of hydrogen-bond acceptors (Lipinski definition) is 3. The van der Waals surface area contributed by atoms with E-state index in [2.05, 4.69) is 5.32 Å². The zero-order valence-corrected chi connectivity index (χ0v) is 13.1. The van der Waals surface area contributed by atoms with Gasteiger partial charge in [0.15, 0.2) is 0 Å². The second-order valence-electron chi connectivity index (χ2n) is 4.48. The topological polar surface area (TPSA) is 46.2 Å². The van der Waals surface area contributed by atoms with Gasteiger partial charge in [0.2, 0.25) is 15.6 Å². The van der Waals surface area contributed by atoms with Gasteiger partial charge in [-0.2, -0.15) is 0 Å². The van der Waals surface area contributed by atoms with Gasteiger partial charge in [-0.15, -0.1) is 23.4 Å². The van der Waals surface area contributed by atoms with Crippen molar-refractivity contribution in [3.8, 4) is 0 Å². The van der Waals surface area contributed by atoms with Crippen molar-refractivity contribution in [3.05, 3.63) is 0 Å². The van der Waals surface area contributed by atoms with Crippen molar-refractivity contribution < 1.29 is 9.59 Å². The lowest BCUT2D eigenvalue weighted by molar-refractivity contribution is -0.125. The average Bonchev–Trinajstić information content (AvgIpc) is 2.50. The van der Waals surface area contributed by atoms with Gasteiger partial charge in [-0.1, -0.05) is 47.6 Å². The Hall–Kier alpha value is 0.650. The first-order valence-electron chi connectivity index (χ1n) is 5.51. The Balaban J connectivity index is 2.25. The van der Waals surface area contributed by atoms with Crippen LogP contribution in [0.25, 0.3) is 0 Å². The number of fused-ring (bicyclic) bond motifs is 1. The minimum absolute atomic E-state index is 0.236. The first-order chi connectivity index (χ1) is 8.27. The van der Waals surface area contributed by atoms with Crippen LogP contribution in [0.4, 0.5) is 0 Å². The summed E-state index contributed by atoms with van der Waals surface area (Å²) in [5.74, 6) is -0.903. The lowest BCUT2D eigenvalue weighted by Gasteiger charge is -2.37. The maximum Gasteiger partial charge on any atom is 0.243 e. The molecule has 2 amide bonds. The monoisotopic (exact) mass is 349 g/mol. The van der Waals surface area contributed by atoms with Crippen LogP contribution in [0, 0.1) is 5.92 Å². The zero-order chi connectivity index (χ0) is 13.6. The molecule has 8 heteroatoms. The Kier molecular flexibility index (Phi) is 4.35. The average molecular weight is 351 g/mol. The van der Waals surface area contributed by atoms with E-state index in [4.69, 9.17) is 46.4 Å². The van der Waals surface area contributed by atoms with E-state index in [1.165, 1.54) is 0 Å². The third-order valence-corrected chi connectivity index (χ3v) is 6.99. The molecule has 2 aliphatic rings. The number of alkyl halides is 4. The molecule has 0 aromatic heterocycles. The summed E-state index contributed by atoms with van der Waals surface area (Å²) in [6.45, 7) is 0. The van der Waals surface area contributed by atoms with E-state index in [-0.39, 0.29) is 17.7 Å². The van der Waals surface area contributed by atoms with Gasteiger partial charge >= 0.3 is 0 Å². The van der Waals surface area contributed by atoms with Crippen LogP contribution in [0.3, 0.4) is 0 Å². The Morgan fingerprint density at radius 1 is 1.33 bits per heavy atom. The van der Waals surface area contributed by atoms with E-state index in [0.717, 1.165) is 24.6 Å². The van der Waals surface area contributed by atoms with E-state index in [1.807, 2.05) is 0 Å². The highest BCUT2D eigenvalue weighted by Gasteiger charge is 2.58. The molecule has 18 heavy (non-hydrogen) atoms. The maximum atomic E-state index is 12.1. The lowest BCUT2D eigenvalue weighted by Crippen LogP contribution is -2.44. The van der Waals surface area contributed by atoms with Crippen LogP contribution < -0.4 is 5.32 Å². The Labute approximate surface area is 129 Å². The van der Waals surface area contributed by atoms with Crippen molar-refractivity contribution in [3.63, 3.8) is 0 Å². The van der Waals surface area contributed by atoms with Gasteiger partial charge in [0.1, 0.15) is 9.46 Å². The van der Waals surface area contributed by atoms with Crippen LogP contribution in [0.15, 0.2) is 0 Å². The lowest BCUT2D eigenvalue weighted by atomic mass is 9.80. The molecule has 1 saturated carbocycles. The molecule has 0 radical (unpaired) electrons. The summed E-state index contributed by atoms with van der Waals surface area (Å²) >= 11 is 24.3. The fourth-order valence-electron chi connectivity index (χ4n) is 2.51. The normalized spacial score (nSPS) is 34.1. The molecule has 3 atom stereocenters. The van der Waals surface area contributed by atoms with Gasteiger partial charge in [0, 0.05) is 0 Å². The number of halogens is 4. The fraction of sp³-hybridized carbons (Fsp3) is 0.800. The second-order valence-corrected chi connectivity index (χ2v) is 8.98. The molecule has 1 aliphatic carbocycles. The molecule has 3 nitrogen and oxygen atoms in total. The SMILES string of the molecule is O=C1NC(=O)C2(SC(Cl)C(Cl)(Cl)Cl)CCCCC12.